The summed E-state index contributed by atoms with van der Waals surface area (Å²) < 4.78 is 11.0. The molecule has 5 nitrogen and oxygen atoms in total. The number of nitrogens with zero attached hydrogens (tertiary/aromatic N) is 4. The Morgan fingerprint density at radius 3 is 2.14 bits per heavy atom. The fraction of sp³-hybridized carbons (Fsp3) is 0.289. The van der Waals surface area contributed by atoms with Gasteiger partial charge in [-0.25, -0.2) is 4.98 Å². The van der Waals surface area contributed by atoms with E-state index in [2.05, 4.69) is 156 Å². The summed E-state index contributed by atoms with van der Waals surface area (Å²) in [7, 11) is 0. The van der Waals surface area contributed by atoms with E-state index in [1.54, 1.807) is 0 Å². The third-order valence-corrected chi connectivity index (χ3v) is 9.68. The van der Waals surface area contributed by atoms with Crippen LogP contribution in [0.1, 0.15) is 87.0 Å². The van der Waals surface area contributed by atoms with Gasteiger partial charge in [0.2, 0.25) is 0 Å². The smallest absolute Gasteiger partial charge is 0.509 e. The van der Waals surface area contributed by atoms with Gasteiger partial charge in [0.05, 0.1) is 11.4 Å². The van der Waals surface area contributed by atoms with Crippen molar-refractivity contribution in [3.8, 4) is 34.1 Å². The summed E-state index contributed by atoms with van der Waals surface area (Å²) in [5.41, 5.74) is 12.5. The van der Waals surface area contributed by atoms with E-state index < -0.39 is 0 Å². The first-order valence-corrected chi connectivity index (χ1v) is 17.8. The molecule has 0 aliphatic heterocycles. The maximum Gasteiger partial charge on any atom is 2.00 e. The summed E-state index contributed by atoms with van der Waals surface area (Å²) in [6, 6.07) is 35.0. The van der Waals surface area contributed by atoms with Gasteiger partial charge < -0.3 is 9.30 Å². The Kier molecular flexibility index (Phi) is 10.4. The number of hydrogen-bond acceptors (Lipinski definition) is 3. The van der Waals surface area contributed by atoms with Crippen LogP contribution in [0, 0.1) is 38.8 Å². The van der Waals surface area contributed by atoms with E-state index in [9.17, 15) is 0 Å². The second-order valence-electron chi connectivity index (χ2n) is 14.6. The third kappa shape index (κ3) is 6.93. The van der Waals surface area contributed by atoms with Crippen LogP contribution in [0.15, 0.2) is 85.1 Å². The maximum atomic E-state index is 6.68. The van der Waals surface area contributed by atoms with Crippen LogP contribution in [0.3, 0.4) is 0 Å². The van der Waals surface area contributed by atoms with Crippen molar-refractivity contribution < 1.29 is 25.2 Å². The number of pyridine rings is 1. The fourth-order valence-electron chi connectivity index (χ4n) is 7.14. The molecule has 7 rings (SSSR count). The molecule has 262 valence electrons. The zero-order valence-electron chi connectivity index (χ0n) is 31.0. The van der Waals surface area contributed by atoms with E-state index in [0.717, 1.165) is 51.0 Å². The molecule has 0 amide bonds. The van der Waals surface area contributed by atoms with Crippen molar-refractivity contribution in [3.63, 3.8) is 0 Å². The predicted octanol–water partition coefficient (Wildman–Crippen LogP) is 11.8. The summed E-state index contributed by atoms with van der Waals surface area (Å²) in [6.07, 6.45) is 2.79. The largest absolute Gasteiger partial charge is 2.00 e. The summed E-state index contributed by atoms with van der Waals surface area (Å²) in [5, 5.41) is 7.45. The topological polar surface area (TPSA) is 44.9 Å². The van der Waals surface area contributed by atoms with Crippen molar-refractivity contribution in [3.05, 3.63) is 131 Å². The number of fused-ring (bicyclic) bond motifs is 3. The molecule has 6 heteroatoms. The molecular formula is C45H46N4OPd. The quantitative estimate of drug-likeness (QED) is 0.109. The van der Waals surface area contributed by atoms with Gasteiger partial charge in [-0.15, -0.1) is 41.3 Å². The Labute approximate surface area is 316 Å². The van der Waals surface area contributed by atoms with Crippen molar-refractivity contribution in [1.29, 1.82) is 0 Å². The molecule has 4 aromatic carbocycles. The number of benzene rings is 4. The van der Waals surface area contributed by atoms with Gasteiger partial charge in [-0.05, 0) is 96.5 Å². The van der Waals surface area contributed by atoms with Crippen LogP contribution in [0.4, 0.5) is 0 Å². The summed E-state index contributed by atoms with van der Waals surface area (Å²) in [5.74, 6) is 3.25. The van der Waals surface area contributed by atoms with Gasteiger partial charge in [-0.1, -0.05) is 83.5 Å². The monoisotopic (exact) mass is 764 g/mol. The third-order valence-electron chi connectivity index (χ3n) is 9.68. The van der Waals surface area contributed by atoms with Gasteiger partial charge in [0.25, 0.3) is 0 Å². The Hall–Kier alpha value is -4.50. The first-order valence-electron chi connectivity index (χ1n) is 17.8. The van der Waals surface area contributed by atoms with Crippen LogP contribution < -0.4 is 4.74 Å². The Bertz CT molecular complexity index is 2340. The van der Waals surface area contributed by atoms with Gasteiger partial charge >= 0.3 is 20.4 Å². The Morgan fingerprint density at radius 2 is 1.43 bits per heavy atom. The minimum atomic E-state index is 0. The van der Waals surface area contributed by atoms with Crippen LogP contribution >= 0.6 is 0 Å². The van der Waals surface area contributed by atoms with E-state index in [1.807, 2.05) is 12.3 Å². The van der Waals surface area contributed by atoms with Gasteiger partial charge in [0, 0.05) is 28.8 Å². The van der Waals surface area contributed by atoms with E-state index >= 15 is 0 Å². The number of para-hydroxylation sites is 1. The number of hydrogen-bond donors (Lipinski definition) is 0. The van der Waals surface area contributed by atoms with Crippen LogP contribution in [0.25, 0.3) is 44.4 Å². The van der Waals surface area contributed by atoms with Crippen molar-refractivity contribution >= 4 is 21.8 Å². The molecule has 0 radical (unpaired) electrons. The molecule has 0 atom stereocenters. The predicted molar refractivity (Wildman–Crippen MR) is 206 cm³/mol. The number of aromatic nitrogens is 4. The van der Waals surface area contributed by atoms with E-state index in [0.29, 0.717) is 23.3 Å². The molecule has 0 fully saturated rings. The van der Waals surface area contributed by atoms with E-state index in [1.165, 1.54) is 33.5 Å². The molecule has 0 saturated carbocycles. The average molecular weight is 765 g/mol. The summed E-state index contributed by atoms with van der Waals surface area (Å²) >= 11 is 0. The molecule has 51 heavy (non-hydrogen) atoms. The number of aryl methyl sites for hydroxylation is 3. The maximum absolute atomic E-state index is 6.68. The average Bonchev–Trinajstić information content (AvgIpc) is 3.58. The molecular weight excluding hydrogens is 719 g/mol. The molecule has 3 aromatic heterocycles. The normalized spacial score (nSPS) is 11.7. The van der Waals surface area contributed by atoms with Crippen molar-refractivity contribution in [1.82, 2.24) is 19.3 Å². The second-order valence-corrected chi connectivity index (χ2v) is 14.6. The van der Waals surface area contributed by atoms with E-state index in [4.69, 9.17) is 14.8 Å². The minimum absolute atomic E-state index is 0. The molecule has 0 aliphatic carbocycles. The van der Waals surface area contributed by atoms with Crippen LogP contribution in [-0.2, 0) is 26.8 Å². The fourth-order valence-corrected chi connectivity index (χ4v) is 7.14. The minimum Gasteiger partial charge on any atom is -0.509 e. The molecule has 0 unspecified atom stereocenters. The number of rotatable bonds is 9. The Morgan fingerprint density at radius 1 is 0.706 bits per heavy atom. The Balaban J connectivity index is 0.00000448. The summed E-state index contributed by atoms with van der Waals surface area (Å²) in [6.45, 7) is 19.9. The molecule has 0 N–H and O–H groups in total. The van der Waals surface area contributed by atoms with Crippen LogP contribution in [0.2, 0.25) is 0 Å². The molecule has 7 aromatic rings. The number of ether oxygens (including phenoxy) is 1. The van der Waals surface area contributed by atoms with Crippen molar-refractivity contribution in [2.45, 2.75) is 80.6 Å². The van der Waals surface area contributed by atoms with Gasteiger partial charge in [0.15, 0.2) is 0 Å². The molecule has 0 spiro atoms. The van der Waals surface area contributed by atoms with Crippen molar-refractivity contribution in [2.75, 3.05) is 0 Å². The van der Waals surface area contributed by atoms with Crippen LogP contribution in [-0.4, -0.2) is 19.3 Å². The van der Waals surface area contributed by atoms with Gasteiger partial charge in [-0.3, -0.25) is 4.68 Å². The first kappa shape index (κ1) is 36.3. The molecule has 0 aliphatic rings. The zero-order chi connectivity index (χ0) is 35.3. The van der Waals surface area contributed by atoms with Gasteiger partial charge in [-0.2, -0.15) is 11.2 Å². The van der Waals surface area contributed by atoms with Crippen molar-refractivity contribution in [2.24, 2.45) is 5.92 Å². The zero-order valence-corrected chi connectivity index (χ0v) is 32.6. The molecule has 0 saturated heterocycles. The van der Waals surface area contributed by atoms with Crippen LogP contribution in [0.5, 0.6) is 11.5 Å². The summed E-state index contributed by atoms with van der Waals surface area (Å²) in [4.78, 5) is 4.81. The SMILES string of the molecule is Cc1cccc(C)c1-c1c(C)nn(-c2[c-]c(Oc3[c-]c4c(cc3)c3ccccc3n4-c3cc(C(C)C)ccn3)cc(C(C)C)c2)c1CC(C)C.[Pd+2]. The molecule has 0 bridgehead atoms. The molecule has 3 heterocycles. The first-order chi connectivity index (χ1) is 24.0. The second kappa shape index (κ2) is 14.6. The van der Waals surface area contributed by atoms with E-state index in [-0.39, 0.29) is 26.3 Å². The standard InChI is InChI=1S/C45H46N4O.Pd/c1-27(2)21-42-45(44-30(7)13-12-14-31(44)8)32(9)47-49(42)35-22-34(29(5)6)23-37(25-35)50-36-17-18-39-38-15-10-11-16-40(38)48(41(39)26-36)43-24-33(28(3)4)19-20-46-43;/h10-20,22-24,27-29H,21H2,1-9H3;/q-2;+2. The van der Waals surface area contributed by atoms with Gasteiger partial charge in [0.1, 0.15) is 5.82 Å².